The molecule has 3 unspecified atom stereocenters. The predicted molar refractivity (Wildman–Crippen MR) is 156 cm³/mol. The number of rotatable bonds is 7. The first-order valence-electron chi connectivity index (χ1n) is 13.4. The zero-order valence-electron chi connectivity index (χ0n) is 24.5. The van der Waals surface area contributed by atoms with Crippen LogP contribution >= 0.6 is 11.6 Å². The highest BCUT2D eigenvalue weighted by molar-refractivity contribution is 6.36. The van der Waals surface area contributed by atoms with E-state index in [0.29, 0.717) is 28.5 Å². The molecule has 43 heavy (non-hydrogen) atoms. The van der Waals surface area contributed by atoms with Gasteiger partial charge in [-0.3, -0.25) is 9.59 Å². The van der Waals surface area contributed by atoms with E-state index in [4.69, 9.17) is 46.4 Å². The van der Waals surface area contributed by atoms with Crippen LogP contribution in [0.25, 0.3) is 0 Å². The zero-order valence-corrected chi connectivity index (χ0v) is 25.3. The van der Waals surface area contributed by atoms with Crippen molar-refractivity contribution in [2.75, 3.05) is 35.0 Å². The molecule has 0 radical (unpaired) electrons. The molecule has 1 spiro atoms. The number of terminal acetylenes is 1. The average Bonchev–Trinajstić information content (AvgIpc) is 3.32. The summed E-state index contributed by atoms with van der Waals surface area (Å²) in [4.78, 5) is 42.4. The van der Waals surface area contributed by atoms with Crippen LogP contribution in [0.3, 0.4) is 0 Å². The van der Waals surface area contributed by atoms with Crippen molar-refractivity contribution in [1.82, 2.24) is 5.32 Å². The normalized spacial score (nSPS) is 22.3. The molecule has 2 aromatic rings. The van der Waals surface area contributed by atoms with Gasteiger partial charge in [0.05, 0.1) is 34.0 Å². The Morgan fingerprint density at radius 3 is 2.40 bits per heavy atom. The monoisotopic (exact) mass is 607 g/mol. The number of benzene rings is 2. The van der Waals surface area contributed by atoms with E-state index in [-0.39, 0.29) is 52.0 Å². The molecule has 0 amide bonds. The lowest BCUT2D eigenvalue weighted by atomic mass is 9.65. The lowest BCUT2D eigenvalue weighted by Crippen LogP contribution is -2.58. The highest BCUT2D eigenvalue weighted by atomic mass is 35.5. The summed E-state index contributed by atoms with van der Waals surface area (Å²) < 4.78 is 33.5. The van der Waals surface area contributed by atoms with E-state index >= 15 is 0 Å². The predicted octanol–water partition coefficient (Wildman–Crippen LogP) is 4.39. The van der Waals surface area contributed by atoms with Gasteiger partial charge in [-0.2, -0.15) is 0 Å². The number of hydrogen-bond donors (Lipinski definition) is 1. The van der Waals surface area contributed by atoms with Crippen LogP contribution in [-0.2, 0) is 14.3 Å². The maximum Gasteiger partial charge on any atom is 0.336 e. The number of methoxy groups -OCH3 is 4. The van der Waals surface area contributed by atoms with Crippen molar-refractivity contribution in [3.05, 3.63) is 63.0 Å². The second-order valence-electron chi connectivity index (χ2n) is 10.3. The Morgan fingerprint density at radius 1 is 1.07 bits per heavy atom. The zero-order chi connectivity index (χ0) is 31.2. The molecule has 2 aliphatic heterocycles. The Labute approximate surface area is 253 Å². The molecule has 2 aromatic carbocycles. The Kier molecular flexibility index (Phi) is 7.80. The molecular formula is C32H30ClNO9. The number of esters is 1. The number of carbonyl (C=O) groups is 3. The molecule has 0 saturated heterocycles. The molecule has 1 N–H and O–H groups in total. The molecular weight excluding hydrogens is 578 g/mol. The maximum absolute atomic E-state index is 14.8. The minimum atomic E-state index is -1.98. The topological polar surface area (TPSA) is 119 Å². The van der Waals surface area contributed by atoms with Gasteiger partial charge < -0.3 is 33.7 Å². The summed E-state index contributed by atoms with van der Waals surface area (Å²) in [5, 5.41) is 3.27. The number of ether oxygens (including phenoxy) is 6. The largest absolute Gasteiger partial charge is 0.496 e. The van der Waals surface area contributed by atoms with Crippen LogP contribution in [-0.4, -0.2) is 58.2 Å². The van der Waals surface area contributed by atoms with Crippen molar-refractivity contribution in [1.29, 1.82) is 0 Å². The summed E-state index contributed by atoms with van der Waals surface area (Å²) in [5.74, 6) is 0.0783. The van der Waals surface area contributed by atoms with Gasteiger partial charge in [0.25, 0.3) is 0 Å². The first-order chi connectivity index (χ1) is 20.6. The van der Waals surface area contributed by atoms with Crippen LogP contribution < -0.4 is 29.0 Å². The molecule has 224 valence electrons. The van der Waals surface area contributed by atoms with Crippen molar-refractivity contribution in [3.8, 4) is 41.1 Å². The average molecular weight is 608 g/mol. The lowest BCUT2D eigenvalue weighted by molar-refractivity contribution is -0.136. The molecule has 3 atom stereocenters. The third-order valence-electron chi connectivity index (χ3n) is 8.09. The fraction of sp³-hybridized carbons (Fsp3) is 0.344. The first kappa shape index (κ1) is 29.9. The molecule has 0 bridgehead atoms. The van der Waals surface area contributed by atoms with Crippen LogP contribution in [0.15, 0.2) is 46.8 Å². The van der Waals surface area contributed by atoms with Crippen LogP contribution in [0.2, 0.25) is 5.02 Å². The van der Waals surface area contributed by atoms with Gasteiger partial charge >= 0.3 is 5.97 Å². The first-order valence-corrected chi connectivity index (χ1v) is 13.7. The van der Waals surface area contributed by atoms with Crippen molar-refractivity contribution in [2.45, 2.75) is 31.8 Å². The number of dihydropyridines is 1. The van der Waals surface area contributed by atoms with Gasteiger partial charge in [0.1, 0.15) is 28.7 Å². The second kappa shape index (κ2) is 11.2. The van der Waals surface area contributed by atoms with E-state index in [0.717, 1.165) is 0 Å². The number of carbonyl (C=O) groups excluding carboxylic acids is 3. The fourth-order valence-corrected chi connectivity index (χ4v) is 6.36. The highest BCUT2D eigenvalue weighted by Crippen LogP contribution is 2.56. The molecule has 5 rings (SSSR count). The van der Waals surface area contributed by atoms with E-state index in [1.165, 1.54) is 34.5 Å². The third kappa shape index (κ3) is 4.38. The molecule has 0 saturated carbocycles. The third-order valence-corrected chi connectivity index (χ3v) is 8.44. The number of nitrogens with one attached hydrogen (secondary N) is 1. The van der Waals surface area contributed by atoms with Gasteiger partial charge in [-0.25, -0.2) is 4.79 Å². The summed E-state index contributed by atoms with van der Waals surface area (Å²) in [6.45, 7) is 3.45. The van der Waals surface area contributed by atoms with Crippen LogP contribution in [0.5, 0.6) is 28.7 Å². The number of hydrogen-bond acceptors (Lipinski definition) is 10. The SMILES string of the molecule is C#CCOc1cc(C2C(C(=O)OC)=C(C)NC3=C2C(=O)C2(Oc4c(Cl)c(OC)cc(OC)c4C2=O)C(C)C3)ccc1OC. The molecule has 1 aliphatic carbocycles. The Morgan fingerprint density at radius 2 is 1.77 bits per heavy atom. The van der Waals surface area contributed by atoms with E-state index in [1.807, 2.05) is 0 Å². The summed E-state index contributed by atoms with van der Waals surface area (Å²) in [5.41, 5.74) is 0.0136. The Bertz CT molecular complexity index is 1670. The van der Waals surface area contributed by atoms with E-state index in [9.17, 15) is 14.4 Å². The minimum absolute atomic E-state index is 0.00164. The van der Waals surface area contributed by atoms with Crippen molar-refractivity contribution >= 4 is 29.1 Å². The highest BCUT2D eigenvalue weighted by Gasteiger charge is 2.63. The minimum Gasteiger partial charge on any atom is -0.496 e. The Balaban J connectivity index is 1.72. The quantitative estimate of drug-likeness (QED) is 0.276. The van der Waals surface area contributed by atoms with Crippen LogP contribution in [0, 0.1) is 18.3 Å². The van der Waals surface area contributed by atoms with Crippen molar-refractivity contribution < 1.29 is 42.8 Å². The van der Waals surface area contributed by atoms with Crippen molar-refractivity contribution in [3.63, 3.8) is 0 Å². The number of ketones is 2. The molecule has 2 heterocycles. The van der Waals surface area contributed by atoms with Crippen LogP contribution in [0.1, 0.15) is 42.1 Å². The smallest absolute Gasteiger partial charge is 0.336 e. The van der Waals surface area contributed by atoms with Gasteiger partial charge in [-0.05, 0) is 31.0 Å². The number of fused-ring (bicyclic) bond motifs is 1. The van der Waals surface area contributed by atoms with E-state index in [1.54, 1.807) is 32.0 Å². The van der Waals surface area contributed by atoms with Gasteiger partial charge in [0.15, 0.2) is 17.2 Å². The maximum atomic E-state index is 14.8. The molecule has 0 aromatic heterocycles. The van der Waals surface area contributed by atoms with Gasteiger partial charge in [-0.1, -0.05) is 30.5 Å². The van der Waals surface area contributed by atoms with Crippen LogP contribution in [0.4, 0.5) is 0 Å². The number of Topliss-reactive ketones (excluding diaryl/α,β-unsaturated/α-hetero) is 2. The summed E-state index contributed by atoms with van der Waals surface area (Å²) in [7, 11) is 5.56. The lowest BCUT2D eigenvalue weighted by Gasteiger charge is -2.42. The van der Waals surface area contributed by atoms with E-state index in [2.05, 4.69) is 11.2 Å². The summed E-state index contributed by atoms with van der Waals surface area (Å²) >= 11 is 6.60. The summed E-state index contributed by atoms with van der Waals surface area (Å²) in [6, 6.07) is 6.50. The molecule has 3 aliphatic rings. The van der Waals surface area contributed by atoms with Crippen molar-refractivity contribution in [2.24, 2.45) is 5.92 Å². The Hall–Kier alpha value is -4.62. The molecule has 11 heteroatoms. The molecule has 0 fully saturated rings. The van der Waals surface area contributed by atoms with Gasteiger partial charge in [-0.15, -0.1) is 6.42 Å². The van der Waals surface area contributed by atoms with Gasteiger partial charge in [0.2, 0.25) is 17.2 Å². The number of halogens is 1. The second-order valence-corrected chi connectivity index (χ2v) is 10.7. The fourth-order valence-electron chi connectivity index (χ4n) is 6.09. The van der Waals surface area contributed by atoms with Gasteiger partial charge in [0, 0.05) is 34.9 Å². The standard InChI is InChI=1S/C32H30ClNO9/c1-8-11-42-20-13-17(9-10-19(20)38-4)24-23(31(37)41-7)16(3)34-18-12-15(2)32(29(35)25(18)24)30(36)26-21(39-5)14-22(40-6)27(33)28(26)43-32/h1,9-10,13-15,24,34H,11-12H2,2-7H3. The summed E-state index contributed by atoms with van der Waals surface area (Å²) in [6.07, 6.45) is 5.66. The van der Waals surface area contributed by atoms with E-state index < -0.39 is 35.0 Å². The number of allylic oxidation sites excluding steroid dienone is 2. The molecule has 10 nitrogen and oxygen atoms in total.